The zero-order valence-corrected chi connectivity index (χ0v) is 16.4. The Morgan fingerprint density at radius 3 is 2.81 bits per heavy atom. The third-order valence-corrected chi connectivity index (χ3v) is 5.82. The zero-order valence-electron chi connectivity index (χ0n) is 15.6. The van der Waals surface area contributed by atoms with Gasteiger partial charge in [0.1, 0.15) is 5.01 Å². The molecule has 27 heavy (non-hydrogen) atoms. The monoisotopic (exact) mass is 377 g/mol. The van der Waals surface area contributed by atoms with Crippen molar-refractivity contribution in [3.8, 4) is 0 Å². The molecule has 5 heteroatoms. The van der Waals surface area contributed by atoms with Crippen molar-refractivity contribution < 1.29 is 4.79 Å². The molecule has 1 aromatic heterocycles. The Morgan fingerprint density at radius 1 is 1.22 bits per heavy atom. The fourth-order valence-corrected chi connectivity index (χ4v) is 4.31. The SMILES string of the molecule is Cc1ccc(NC(=O)Cc2nc(CN3c4ccccc4C[C@@H]3C)cs2)cc1. The number of aryl methyl sites for hydroxylation is 1. The van der Waals surface area contributed by atoms with Crippen LogP contribution in [0.3, 0.4) is 0 Å². The van der Waals surface area contributed by atoms with Crippen LogP contribution in [0, 0.1) is 6.92 Å². The van der Waals surface area contributed by atoms with E-state index in [1.807, 2.05) is 31.2 Å². The molecular formula is C22H23N3OS. The van der Waals surface area contributed by atoms with Crippen LogP contribution in [0.25, 0.3) is 0 Å². The van der Waals surface area contributed by atoms with E-state index in [1.54, 1.807) is 11.3 Å². The number of thiazole rings is 1. The number of nitrogens with one attached hydrogen (secondary N) is 1. The van der Waals surface area contributed by atoms with Crippen molar-refractivity contribution in [2.75, 3.05) is 10.2 Å². The van der Waals surface area contributed by atoms with E-state index >= 15 is 0 Å². The second kappa shape index (κ2) is 7.53. The standard InChI is InChI=1S/C22H23N3OS/c1-15-7-9-18(10-8-15)23-21(26)12-22-24-19(14-27-22)13-25-16(2)11-17-5-3-4-6-20(17)25/h3-10,14,16H,11-13H2,1-2H3,(H,23,26)/t16-/m0/s1. The molecule has 1 aliphatic heterocycles. The smallest absolute Gasteiger partial charge is 0.231 e. The fourth-order valence-electron chi connectivity index (χ4n) is 3.53. The second-order valence-corrected chi connectivity index (χ2v) is 8.08. The molecule has 0 saturated heterocycles. The molecule has 2 aromatic carbocycles. The van der Waals surface area contributed by atoms with Crippen LogP contribution in [0.15, 0.2) is 53.9 Å². The number of para-hydroxylation sites is 1. The number of benzene rings is 2. The Kier molecular flexibility index (Phi) is 4.94. The largest absolute Gasteiger partial charge is 0.362 e. The van der Waals surface area contributed by atoms with E-state index in [2.05, 4.69) is 46.8 Å². The maximum absolute atomic E-state index is 12.3. The van der Waals surface area contributed by atoms with Gasteiger partial charge in [-0.05, 0) is 44.0 Å². The van der Waals surface area contributed by atoms with Gasteiger partial charge in [-0.25, -0.2) is 4.98 Å². The molecular weight excluding hydrogens is 354 g/mol. The third kappa shape index (κ3) is 4.03. The lowest BCUT2D eigenvalue weighted by Crippen LogP contribution is -2.28. The van der Waals surface area contributed by atoms with E-state index in [0.717, 1.165) is 29.4 Å². The van der Waals surface area contributed by atoms with Crippen LogP contribution in [0.4, 0.5) is 11.4 Å². The number of aromatic nitrogens is 1. The van der Waals surface area contributed by atoms with Crippen molar-refractivity contribution in [3.05, 3.63) is 75.7 Å². The first-order chi connectivity index (χ1) is 13.1. The molecule has 2 heterocycles. The van der Waals surface area contributed by atoms with Crippen LogP contribution in [0.2, 0.25) is 0 Å². The summed E-state index contributed by atoms with van der Waals surface area (Å²) >= 11 is 1.56. The first-order valence-corrected chi connectivity index (χ1v) is 10.1. The van der Waals surface area contributed by atoms with E-state index in [9.17, 15) is 4.79 Å². The minimum Gasteiger partial charge on any atom is -0.362 e. The van der Waals surface area contributed by atoms with Crippen molar-refractivity contribution in [3.63, 3.8) is 0 Å². The van der Waals surface area contributed by atoms with Gasteiger partial charge in [-0.1, -0.05) is 35.9 Å². The van der Waals surface area contributed by atoms with Gasteiger partial charge >= 0.3 is 0 Å². The van der Waals surface area contributed by atoms with Gasteiger partial charge in [0.2, 0.25) is 5.91 Å². The van der Waals surface area contributed by atoms with Crippen LogP contribution in [0.5, 0.6) is 0 Å². The number of hydrogen-bond acceptors (Lipinski definition) is 4. The van der Waals surface area contributed by atoms with E-state index in [0.29, 0.717) is 12.5 Å². The molecule has 0 aliphatic carbocycles. The molecule has 138 valence electrons. The fraction of sp³-hybridized carbons (Fsp3) is 0.273. The maximum Gasteiger partial charge on any atom is 0.231 e. The van der Waals surface area contributed by atoms with Gasteiger partial charge < -0.3 is 10.2 Å². The molecule has 4 rings (SSSR count). The molecule has 1 aliphatic rings. The number of fused-ring (bicyclic) bond motifs is 1. The van der Waals surface area contributed by atoms with Crippen LogP contribution in [0.1, 0.15) is 28.8 Å². The lowest BCUT2D eigenvalue weighted by Gasteiger charge is -2.23. The van der Waals surface area contributed by atoms with Gasteiger partial charge in [0.25, 0.3) is 0 Å². The number of nitrogens with zero attached hydrogens (tertiary/aromatic N) is 2. The molecule has 4 nitrogen and oxygen atoms in total. The first-order valence-electron chi connectivity index (χ1n) is 9.23. The molecule has 1 N–H and O–H groups in total. The van der Waals surface area contributed by atoms with E-state index in [4.69, 9.17) is 4.98 Å². The summed E-state index contributed by atoms with van der Waals surface area (Å²) in [6.07, 6.45) is 1.39. The summed E-state index contributed by atoms with van der Waals surface area (Å²) in [6, 6.07) is 16.9. The Bertz CT molecular complexity index is 948. The topological polar surface area (TPSA) is 45.2 Å². The Morgan fingerprint density at radius 2 is 2.00 bits per heavy atom. The van der Waals surface area contributed by atoms with E-state index in [1.165, 1.54) is 16.8 Å². The van der Waals surface area contributed by atoms with Gasteiger partial charge in [-0.2, -0.15) is 0 Å². The molecule has 3 aromatic rings. The zero-order chi connectivity index (χ0) is 18.8. The third-order valence-electron chi connectivity index (χ3n) is 4.93. The Hall–Kier alpha value is -2.66. The molecule has 0 saturated carbocycles. The summed E-state index contributed by atoms with van der Waals surface area (Å²) in [7, 11) is 0. The molecule has 1 amide bonds. The van der Waals surface area contributed by atoms with Crippen molar-refractivity contribution >= 4 is 28.6 Å². The van der Waals surface area contributed by atoms with Crippen LogP contribution in [-0.4, -0.2) is 16.9 Å². The Labute approximate surface area is 163 Å². The highest BCUT2D eigenvalue weighted by Crippen LogP contribution is 2.33. The van der Waals surface area contributed by atoms with Gasteiger partial charge in [-0.15, -0.1) is 11.3 Å². The average molecular weight is 378 g/mol. The van der Waals surface area contributed by atoms with E-state index < -0.39 is 0 Å². The van der Waals surface area contributed by atoms with Gasteiger partial charge in [0.15, 0.2) is 0 Å². The number of carbonyl (C=O) groups is 1. The molecule has 0 unspecified atom stereocenters. The number of amides is 1. The van der Waals surface area contributed by atoms with Crippen LogP contribution < -0.4 is 10.2 Å². The molecule has 0 spiro atoms. The highest BCUT2D eigenvalue weighted by molar-refractivity contribution is 7.09. The minimum absolute atomic E-state index is 0.0281. The van der Waals surface area contributed by atoms with Gasteiger partial charge in [-0.3, -0.25) is 4.79 Å². The van der Waals surface area contributed by atoms with Crippen LogP contribution >= 0.6 is 11.3 Å². The maximum atomic E-state index is 12.3. The number of carbonyl (C=O) groups excluding carboxylic acids is 1. The van der Waals surface area contributed by atoms with Crippen molar-refractivity contribution in [1.29, 1.82) is 0 Å². The highest BCUT2D eigenvalue weighted by Gasteiger charge is 2.26. The Balaban J connectivity index is 1.39. The normalized spacial score (nSPS) is 15.6. The van der Waals surface area contributed by atoms with Gasteiger partial charge in [0.05, 0.1) is 18.7 Å². The lowest BCUT2D eigenvalue weighted by molar-refractivity contribution is -0.115. The summed E-state index contributed by atoms with van der Waals surface area (Å²) < 4.78 is 0. The summed E-state index contributed by atoms with van der Waals surface area (Å²) in [5.74, 6) is -0.0281. The number of anilines is 2. The summed E-state index contributed by atoms with van der Waals surface area (Å²) in [4.78, 5) is 19.4. The first kappa shape index (κ1) is 17.7. The highest BCUT2D eigenvalue weighted by atomic mass is 32.1. The van der Waals surface area contributed by atoms with Crippen molar-refractivity contribution in [2.24, 2.45) is 0 Å². The minimum atomic E-state index is -0.0281. The lowest BCUT2D eigenvalue weighted by atomic mass is 10.1. The van der Waals surface area contributed by atoms with Crippen molar-refractivity contribution in [1.82, 2.24) is 4.98 Å². The summed E-state index contributed by atoms with van der Waals surface area (Å²) in [5.41, 5.74) is 5.73. The summed E-state index contributed by atoms with van der Waals surface area (Å²) in [5, 5.41) is 5.87. The predicted octanol–water partition coefficient (Wildman–Crippen LogP) is 4.58. The van der Waals surface area contributed by atoms with E-state index in [-0.39, 0.29) is 5.91 Å². The molecule has 1 atom stereocenters. The quantitative estimate of drug-likeness (QED) is 0.708. The van der Waals surface area contributed by atoms with Crippen molar-refractivity contribution in [2.45, 2.75) is 39.3 Å². The molecule has 0 fully saturated rings. The number of rotatable bonds is 5. The molecule has 0 bridgehead atoms. The average Bonchev–Trinajstić information content (AvgIpc) is 3.21. The predicted molar refractivity (Wildman–Crippen MR) is 111 cm³/mol. The van der Waals surface area contributed by atoms with Gasteiger partial charge in [0, 0.05) is 22.8 Å². The number of hydrogen-bond donors (Lipinski definition) is 1. The van der Waals surface area contributed by atoms with Crippen LogP contribution in [-0.2, 0) is 24.2 Å². The summed E-state index contributed by atoms with van der Waals surface area (Å²) in [6.45, 7) is 5.07. The second-order valence-electron chi connectivity index (χ2n) is 7.13. The molecule has 0 radical (unpaired) electrons.